The smallest absolute Gasteiger partial charge is 0.430 e. The number of hydrogen-bond acceptors (Lipinski definition) is 6. The highest BCUT2D eigenvalue weighted by Crippen LogP contribution is 2.50. The number of rotatable bonds is 7. The molecule has 236 valence electrons. The van der Waals surface area contributed by atoms with Crippen LogP contribution in [0.1, 0.15) is 21.5 Å². The number of alkyl halides is 6. The Morgan fingerprint density at radius 2 is 1.55 bits per heavy atom. The first-order valence-electron chi connectivity index (χ1n) is 13.0. The van der Waals surface area contributed by atoms with E-state index in [0.29, 0.717) is 42.4 Å². The van der Waals surface area contributed by atoms with Crippen LogP contribution in [0.2, 0.25) is 0 Å². The molecule has 0 saturated carbocycles. The van der Waals surface area contributed by atoms with Gasteiger partial charge in [0.2, 0.25) is 5.88 Å². The third-order valence-corrected chi connectivity index (χ3v) is 6.93. The predicted octanol–water partition coefficient (Wildman–Crippen LogP) is 5.14. The number of hydrogen-bond donors (Lipinski definition) is 3. The van der Waals surface area contributed by atoms with Gasteiger partial charge >= 0.3 is 18.4 Å². The first kappa shape index (κ1) is 32.5. The standard InChI is InChI=1S/C28H26F7N5O4/c1-44-23-9-7-20(15-36-23)37-25(42)38-22-8-4-18(14-21(22)29)24(41)40-12-10-39(11-13-40)16-17-2-5-19(6-3-17)26(43,27(30,31)32)28(33,34)35/h2-9,14-15,43H,10-13,16H2,1H3,(H2,37,38,42). The van der Waals surface area contributed by atoms with Crippen molar-refractivity contribution < 1.29 is 50.2 Å². The molecule has 1 aromatic heterocycles. The number of carbonyl (C=O) groups excluding carboxylic acids is 2. The number of piperazine rings is 1. The lowest BCUT2D eigenvalue weighted by Gasteiger charge is -2.35. The van der Waals surface area contributed by atoms with E-state index in [0.717, 1.165) is 18.2 Å². The number of aromatic nitrogens is 1. The number of aliphatic hydroxyl groups is 1. The average molecular weight is 630 g/mol. The first-order valence-corrected chi connectivity index (χ1v) is 13.0. The molecule has 1 aliphatic heterocycles. The van der Waals surface area contributed by atoms with E-state index in [1.54, 1.807) is 0 Å². The zero-order chi connectivity index (χ0) is 32.3. The fraction of sp³-hybridized carbons (Fsp3) is 0.321. The Balaban J connectivity index is 1.31. The minimum atomic E-state index is -5.97. The number of methoxy groups -OCH3 is 1. The molecule has 2 heterocycles. The van der Waals surface area contributed by atoms with Gasteiger partial charge in [-0.05, 0) is 29.8 Å². The zero-order valence-electron chi connectivity index (χ0n) is 23.0. The molecule has 3 amide bonds. The van der Waals surface area contributed by atoms with Crippen LogP contribution in [-0.2, 0) is 12.1 Å². The van der Waals surface area contributed by atoms with Gasteiger partial charge in [0.25, 0.3) is 11.5 Å². The second-order valence-corrected chi connectivity index (χ2v) is 9.83. The van der Waals surface area contributed by atoms with E-state index >= 15 is 0 Å². The Kier molecular flexibility index (Phi) is 9.34. The molecular formula is C28H26F7N5O4. The number of amides is 3. The van der Waals surface area contributed by atoms with Crippen molar-refractivity contribution in [3.63, 3.8) is 0 Å². The Morgan fingerprint density at radius 1 is 0.909 bits per heavy atom. The van der Waals surface area contributed by atoms with Gasteiger partial charge in [-0.15, -0.1) is 0 Å². The van der Waals surface area contributed by atoms with Crippen molar-refractivity contribution in [1.29, 1.82) is 0 Å². The van der Waals surface area contributed by atoms with Crippen LogP contribution >= 0.6 is 0 Å². The van der Waals surface area contributed by atoms with Crippen molar-refractivity contribution in [1.82, 2.24) is 14.8 Å². The number of pyridine rings is 1. The zero-order valence-corrected chi connectivity index (χ0v) is 23.0. The van der Waals surface area contributed by atoms with Gasteiger partial charge in [0.1, 0.15) is 5.82 Å². The number of halogens is 7. The van der Waals surface area contributed by atoms with Crippen LogP contribution in [0, 0.1) is 5.82 Å². The van der Waals surface area contributed by atoms with Gasteiger partial charge in [0.15, 0.2) is 0 Å². The minimum absolute atomic E-state index is 0.0404. The molecule has 1 aliphatic rings. The summed E-state index contributed by atoms with van der Waals surface area (Å²) in [7, 11) is 1.44. The molecule has 3 aromatic rings. The molecule has 0 radical (unpaired) electrons. The van der Waals surface area contributed by atoms with E-state index in [1.807, 2.05) is 4.90 Å². The van der Waals surface area contributed by atoms with E-state index in [9.17, 15) is 45.4 Å². The predicted molar refractivity (Wildman–Crippen MR) is 143 cm³/mol. The van der Waals surface area contributed by atoms with Crippen molar-refractivity contribution in [3.05, 3.63) is 83.3 Å². The molecular weight excluding hydrogens is 603 g/mol. The molecule has 4 rings (SSSR count). The number of benzene rings is 2. The number of urea groups is 1. The largest absolute Gasteiger partial charge is 0.481 e. The fourth-order valence-electron chi connectivity index (χ4n) is 4.50. The molecule has 0 atom stereocenters. The van der Waals surface area contributed by atoms with Crippen LogP contribution in [-0.4, -0.2) is 77.5 Å². The van der Waals surface area contributed by atoms with Gasteiger partial charge in [-0.25, -0.2) is 14.2 Å². The topological polar surface area (TPSA) is 107 Å². The Morgan fingerprint density at radius 3 is 2.07 bits per heavy atom. The lowest BCUT2D eigenvalue weighted by Crippen LogP contribution is -2.53. The van der Waals surface area contributed by atoms with E-state index in [1.165, 1.54) is 42.5 Å². The number of ether oxygens (including phenoxy) is 1. The molecule has 0 unspecified atom stereocenters. The van der Waals surface area contributed by atoms with Crippen molar-refractivity contribution in [2.75, 3.05) is 43.9 Å². The summed E-state index contributed by atoms with van der Waals surface area (Å²) in [5.41, 5.74) is -5.74. The van der Waals surface area contributed by atoms with Crippen molar-refractivity contribution in [2.45, 2.75) is 24.5 Å². The number of anilines is 2. The third kappa shape index (κ3) is 7.02. The summed E-state index contributed by atoms with van der Waals surface area (Å²) in [5.74, 6) is -0.969. The molecule has 2 aromatic carbocycles. The molecule has 9 nitrogen and oxygen atoms in total. The molecule has 0 spiro atoms. The maximum Gasteiger partial charge on any atom is 0.430 e. The highest BCUT2D eigenvalue weighted by molar-refractivity contribution is 6.00. The van der Waals surface area contributed by atoms with Gasteiger partial charge in [-0.3, -0.25) is 9.69 Å². The summed E-state index contributed by atoms with van der Waals surface area (Å²) < 4.78 is 98.3. The number of nitrogens with one attached hydrogen (secondary N) is 2. The minimum Gasteiger partial charge on any atom is -0.481 e. The second kappa shape index (κ2) is 12.7. The van der Waals surface area contributed by atoms with Crippen molar-refractivity contribution in [2.24, 2.45) is 0 Å². The third-order valence-electron chi connectivity index (χ3n) is 6.93. The van der Waals surface area contributed by atoms with Crippen LogP contribution in [0.4, 0.5) is 46.9 Å². The summed E-state index contributed by atoms with van der Waals surface area (Å²) in [4.78, 5) is 32.4. The van der Waals surface area contributed by atoms with Crippen LogP contribution < -0.4 is 15.4 Å². The Bertz CT molecular complexity index is 1460. The average Bonchev–Trinajstić information content (AvgIpc) is 2.97. The van der Waals surface area contributed by atoms with E-state index in [4.69, 9.17) is 4.74 Å². The molecule has 16 heteroatoms. The van der Waals surface area contributed by atoms with Gasteiger partial charge < -0.3 is 25.4 Å². The molecule has 44 heavy (non-hydrogen) atoms. The number of carbonyl (C=O) groups is 2. The van der Waals surface area contributed by atoms with E-state index in [2.05, 4.69) is 15.6 Å². The van der Waals surface area contributed by atoms with Crippen LogP contribution in [0.15, 0.2) is 60.8 Å². The molecule has 0 bridgehead atoms. The summed E-state index contributed by atoms with van der Waals surface area (Å²) in [6.45, 7) is 1.26. The first-order chi connectivity index (χ1) is 20.6. The lowest BCUT2D eigenvalue weighted by molar-refractivity contribution is -0.376. The van der Waals surface area contributed by atoms with Gasteiger partial charge in [-0.2, -0.15) is 26.3 Å². The fourth-order valence-corrected chi connectivity index (χ4v) is 4.50. The monoisotopic (exact) mass is 629 g/mol. The van der Waals surface area contributed by atoms with Crippen molar-refractivity contribution in [3.8, 4) is 5.88 Å². The summed E-state index contributed by atoms with van der Waals surface area (Å²) in [6, 6.07) is 9.23. The van der Waals surface area contributed by atoms with Crippen LogP contribution in [0.3, 0.4) is 0 Å². The SMILES string of the molecule is COc1ccc(NC(=O)Nc2ccc(C(=O)N3CCN(Cc4ccc(C(O)(C(F)(F)F)C(F)(F)F)cc4)CC3)cc2F)cn1. The Labute approximate surface area is 246 Å². The highest BCUT2D eigenvalue weighted by Gasteiger charge is 2.71. The summed E-state index contributed by atoms with van der Waals surface area (Å²) >= 11 is 0. The molecule has 0 aliphatic carbocycles. The molecule has 1 saturated heterocycles. The summed E-state index contributed by atoms with van der Waals surface area (Å²) in [6.07, 6.45) is -10.6. The molecule has 3 N–H and O–H groups in total. The van der Waals surface area contributed by atoms with Crippen LogP contribution in [0.25, 0.3) is 0 Å². The quantitative estimate of drug-likeness (QED) is 0.313. The Hall–Kier alpha value is -4.44. The second-order valence-electron chi connectivity index (χ2n) is 9.83. The van der Waals surface area contributed by atoms with Crippen molar-refractivity contribution >= 4 is 23.3 Å². The van der Waals surface area contributed by atoms with Gasteiger partial charge in [0.05, 0.1) is 24.7 Å². The number of nitrogens with zero attached hydrogens (tertiary/aromatic N) is 3. The summed E-state index contributed by atoms with van der Waals surface area (Å²) in [5, 5.41) is 14.4. The lowest BCUT2D eigenvalue weighted by atomic mass is 9.91. The van der Waals surface area contributed by atoms with Gasteiger partial charge in [0, 0.05) is 49.9 Å². The van der Waals surface area contributed by atoms with E-state index in [-0.39, 0.29) is 30.9 Å². The van der Waals surface area contributed by atoms with Gasteiger partial charge in [-0.1, -0.05) is 24.3 Å². The molecule has 1 fully saturated rings. The maximum atomic E-state index is 14.7. The normalized spacial score (nSPS) is 14.7. The maximum absolute atomic E-state index is 14.7. The van der Waals surface area contributed by atoms with Crippen LogP contribution in [0.5, 0.6) is 5.88 Å². The van der Waals surface area contributed by atoms with E-state index < -0.39 is 41.3 Å². The highest BCUT2D eigenvalue weighted by atomic mass is 19.4.